The second kappa shape index (κ2) is 12.1. The monoisotopic (exact) mass is 716 g/mol. The van der Waals surface area contributed by atoms with Crippen LogP contribution in [-0.4, -0.2) is 102 Å². The van der Waals surface area contributed by atoms with E-state index >= 15 is 0 Å². The first kappa shape index (κ1) is 36.3. The molecule has 2 aromatic carbocycles. The zero-order valence-corrected chi connectivity index (χ0v) is 29.5. The van der Waals surface area contributed by atoms with Gasteiger partial charge >= 0.3 is 29.8 Å². The molecule has 4 bridgehead atoms. The van der Waals surface area contributed by atoms with Crippen LogP contribution < -0.4 is 0 Å². The van der Waals surface area contributed by atoms with Gasteiger partial charge in [-0.1, -0.05) is 45.9 Å². The minimum absolute atomic E-state index is 0.0297. The van der Waals surface area contributed by atoms with Crippen LogP contribution in [-0.2, 0) is 35.1 Å². The summed E-state index contributed by atoms with van der Waals surface area (Å²) in [7, 11) is 0. The molecule has 6 rings (SSSR count). The second-order valence-electron chi connectivity index (χ2n) is 14.4. The molecule has 3 unspecified atom stereocenters. The number of ether oxygens (including phenoxy) is 1. The molecule has 1 aliphatic heterocycles. The second-order valence-corrected chi connectivity index (χ2v) is 14.4. The van der Waals surface area contributed by atoms with Gasteiger partial charge in [0, 0.05) is 16.7 Å². The van der Waals surface area contributed by atoms with E-state index in [0.717, 1.165) is 9.80 Å². The van der Waals surface area contributed by atoms with E-state index in [0.29, 0.717) is 22.3 Å². The molecule has 274 valence electrons. The third kappa shape index (κ3) is 4.40. The van der Waals surface area contributed by atoms with Gasteiger partial charge in [0.1, 0.15) is 22.6 Å². The number of aliphatic hydroxyl groups excluding tert-OH is 1. The Morgan fingerprint density at radius 1 is 0.769 bits per heavy atom. The first-order chi connectivity index (χ1) is 24.3. The normalized spacial score (nSPS) is 24.2. The van der Waals surface area contributed by atoms with Crippen molar-refractivity contribution in [3.05, 3.63) is 97.8 Å². The van der Waals surface area contributed by atoms with Crippen molar-refractivity contribution in [3.63, 3.8) is 0 Å². The summed E-state index contributed by atoms with van der Waals surface area (Å²) in [6.45, 7) is 6.62. The third-order valence-electron chi connectivity index (χ3n) is 11.0. The molecular weight excluding hydrogens is 676 g/mol. The van der Waals surface area contributed by atoms with Crippen molar-refractivity contribution >= 4 is 29.8 Å². The lowest BCUT2D eigenvalue weighted by Gasteiger charge is -2.70. The number of carboxylic acid groups (broad SMARTS) is 4. The van der Waals surface area contributed by atoms with Crippen molar-refractivity contribution < 1.29 is 59.3 Å². The molecule has 3 aliphatic carbocycles. The number of carboxylic acids is 4. The highest BCUT2D eigenvalue weighted by Gasteiger charge is 2.83. The maximum absolute atomic E-state index is 14.4. The molecule has 0 radical (unpaired) electrons. The molecule has 2 aromatic rings. The summed E-state index contributed by atoms with van der Waals surface area (Å²) in [6.07, 6.45) is 1.60. The zero-order chi connectivity index (χ0) is 38.4. The van der Waals surface area contributed by atoms with E-state index in [1.54, 1.807) is 38.1 Å². The van der Waals surface area contributed by atoms with Crippen molar-refractivity contribution in [2.75, 3.05) is 26.2 Å². The van der Waals surface area contributed by atoms with Gasteiger partial charge in [0.05, 0.1) is 31.7 Å². The summed E-state index contributed by atoms with van der Waals surface area (Å²) in [6, 6.07) is 7.66. The number of fused-ring (bicyclic) bond motifs is 5. The standard InChI is InChI=1S/C38H40N2O12/c1-17(2)22-11-25-19(5)31(33(22)49)36(25,39(13-27(41)42)14-28(43)44)38(24-10-8-7-9-21(24)35(51)52-38)37(40(15-29(45)46)16-30(47)48)26-12-23(18(3)4)34(50)32(37)20(26)6/h7-12,17-18,49-50H,13-16H2,1-6H3,(H,41,42)(H,43,44)(H,45,46)(H,47,48). The molecule has 0 saturated carbocycles. The van der Waals surface area contributed by atoms with Crippen LogP contribution in [0.15, 0.2) is 64.5 Å². The average Bonchev–Trinajstić information content (AvgIpc) is 3.33. The van der Waals surface area contributed by atoms with E-state index in [2.05, 4.69) is 0 Å². The molecule has 3 atom stereocenters. The molecule has 0 fully saturated rings. The first-order valence-corrected chi connectivity index (χ1v) is 16.8. The molecule has 1 heterocycles. The summed E-state index contributed by atoms with van der Waals surface area (Å²) >= 11 is 0. The van der Waals surface area contributed by atoms with Crippen LogP contribution in [0.1, 0.15) is 78.7 Å². The predicted molar refractivity (Wildman–Crippen MR) is 183 cm³/mol. The van der Waals surface area contributed by atoms with Crippen molar-refractivity contribution in [3.8, 4) is 5.75 Å². The van der Waals surface area contributed by atoms with Crippen LogP contribution in [0.4, 0.5) is 0 Å². The number of cyclic esters (lactones) is 1. The fourth-order valence-corrected chi connectivity index (χ4v) is 9.33. The lowest BCUT2D eigenvalue weighted by Crippen LogP contribution is -2.81. The van der Waals surface area contributed by atoms with Gasteiger partial charge in [0.25, 0.3) is 0 Å². The maximum atomic E-state index is 14.4. The van der Waals surface area contributed by atoms with E-state index in [9.17, 15) is 54.6 Å². The van der Waals surface area contributed by atoms with Gasteiger partial charge in [0.2, 0.25) is 0 Å². The number of esters is 1. The first-order valence-electron chi connectivity index (χ1n) is 16.8. The summed E-state index contributed by atoms with van der Waals surface area (Å²) in [5.41, 5.74) is -4.56. The average molecular weight is 717 g/mol. The predicted octanol–water partition coefficient (Wildman–Crippen LogP) is 3.87. The summed E-state index contributed by atoms with van der Waals surface area (Å²) in [5.74, 6) is -8.07. The van der Waals surface area contributed by atoms with Crippen LogP contribution in [0, 0.1) is 12.8 Å². The molecular formula is C38H40N2O12. The molecule has 52 heavy (non-hydrogen) atoms. The molecule has 4 aliphatic rings. The smallest absolute Gasteiger partial charge is 0.339 e. The Hall–Kier alpha value is -5.47. The van der Waals surface area contributed by atoms with Gasteiger partial charge in [-0.25, -0.2) is 4.79 Å². The van der Waals surface area contributed by atoms with Crippen LogP contribution in [0.3, 0.4) is 0 Å². The Balaban J connectivity index is 1.91. The van der Waals surface area contributed by atoms with Crippen molar-refractivity contribution in [2.45, 2.75) is 64.1 Å². The highest BCUT2D eigenvalue weighted by Crippen LogP contribution is 2.75. The zero-order valence-electron chi connectivity index (χ0n) is 29.5. The SMILES string of the molecule is Cc1c2cc(C(C)C)c(O)c1C2(N(CC(=O)O)CC(=O)O)C1(C2(N(CC(=O)O)CC(=O)O)c3cc(C(C)C)c(O)c2c3C)OC(=O)c2ccccc21. The Kier molecular flexibility index (Phi) is 8.42. The number of allylic oxidation sites excluding steroid dienone is 2. The Bertz CT molecular complexity index is 2060. The highest BCUT2D eigenvalue weighted by molar-refractivity contribution is 5.98. The fraction of sp³-hybridized carbons (Fsp3) is 0.395. The summed E-state index contributed by atoms with van der Waals surface area (Å²) < 4.78 is 6.67. The third-order valence-corrected chi connectivity index (χ3v) is 11.0. The number of aliphatic hydroxyl groups is 1. The molecule has 14 heteroatoms. The van der Waals surface area contributed by atoms with Crippen molar-refractivity contribution in [1.82, 2.24) is 9.80 Å². The molecule has 6 N–H and O–H groups in total. The number of hydrogen-bond acceptors (Lipinski definition) is 10. The van der Waals surface area contributed by atoms with Gasteiger partial charge < -0.3 is 35.4 Å². The van der Waals surface area contributed by atoms with Gasteiger partial charge in [-0.15, -0.1) is 0 Å². The topological polar surface area (TPSA) is 222 Å². The van der Waals surface area contributed by atoms with Crippen molar-refractivity contribution in [1.29, 1.82) is 0 Å². The van der Waals surface area contributed by atoms with Crippen LogP contribution in [0.2, 0.25) is 0 Å². The molecule has 14 nitrogen and oxygen atoms in total. The van der Waals surface area contributed by atoms with Crippen LogP contribution >= 0.6 is 0 Å². The van der Waals surface area contributed by atoms with Gasteiger partial charge in [-0.05, 0) is 77.3 Å². The molecule has 0 amide bonds. The quantitative estimate of drug-likeness (QED) is 0.153. The largest absolute Gasteiger partial charge is 0.507 e. The Labute approximate surface area is 298 Å². The number of nitrogens with zero attached hydrogens (tertiary/aromatic N) is 2. The van der Waals surface area contributed by atoms with E-state index in [1.807, 2.05) is 27.7 Å². The number of aryl methyl sites for hydroxylation is 1. The van der Waals surface area contributed by atoms with Gasteiger partial charge in [-0.2, -0.15) is 0 Å². The van der Waals surface area contributed by atoms with E-state index in [4.69, 9.17) is 4.74 Å². The minimum Gasteiger partial charge on any atom is -0.507 e. The fourth-order valence-electron chi connectivity index (χ4n) is 9.33. The van der Waals surface area contributed by atoms with Crippen LogP contribution in [0.25, 0.3) is 0 Å². The summed E-state index contributed by atoms with van der Waals surface area (Å²) in [5, 5.41) is 65.8. The number of aliphatic carboxylic acids is 4. The van der Waals surface area contributed by atoms with Crippen molar-refractivity contribution in [2.24, 2.45) is 5.92 Å². The van der Waals surface area contributed by atoms with Gasteiger partial charge in [-0.3, -0.25) is 29.0 Å². The minimum atomic E-state index is -2.46. The number of phenols is 1. The number of benzene rings is 2. The number of aromatic hydroxyl groups is 1. The number of phenolic OH excluding ortho intramolecular Hbond substituents is 1. The van der Waals surface area contributed by atoms with E-state index in [-0.39, 0.29) is 56.7 Å². The molecule has 0 aromatic heterocycles. The number of hydrogen-bond donors (Lipinski definition) is 6. The molecule has 0 saturated heterocycles. The molecule has 0 spiro atoms. The van der Waals surface area contributed by atoms with Gasteiger partial charge in [0.15, 0.2) is 5.60 Å². The lowest BCUT2D eigenvalue weighted by atomic mass is 9.43. The lowest BCUT2D eigenvalue weighted by molar-refractivity contribution is -0.189. The maximum Gasteiger partial charge on any atom is 0.339 e. The van der Waals surface area contributed by atoms with Crippen LogP contribution in [0.5, 0.6) is 5.75 Å². The number of carbonyl (C=O) groups excluding carboxylic acids is 1. The Morgan fingerprint density at radius 3 is 1.75 bits per heavy atom. The number of carbonyl (C=O) groups is 5. The Morgan fingerprint density at radius 2 is 1.29 bits per heavy atom. The highest BCUT2D eigenvalue weighted by atomic mass is 16.6. The van der Waals surface area contributed by atoms with E-state index in [1.165, 1.54) is 12.1 Å². The number of rotatable bonds is 14. The van der Waals surface area contributed by atoms with E-state index < -0.39 is 72.7 Å². The summed E-state index contributed by atoms with van der Waals surface area (Å²) in [4.78, 5) is 67.5.